The fraction of sp³-hybridized carbons (Fsp3) is 0.273. The number of carbonyl (C=O) groups excluding carboxylic acids is 1. The van der Waals surface area contributed by atoms with E-state index in [0.29, 0.717) is 19.6 Å². The molecule has 30 heavy (non-hydrogen) atoms. The number of nitrogens with one attached hydrogen (secondary N) is 1. The maximum absolute atomic E-state index is 12.3. The van der Waals surface area contributed by atoms with Gasteiger partial charge in [0.2, 0.25) is 5.91 Å². The first-order valence-corrected chi connectivity index (χ1v) is 9.28. The molecule has 0 saturated carbocycles. The number of ether oxygens (including phenoxy) is 1. The smallest absolute Gasteiger partial charge is 0.237 e. The van der Waals surface area contributed by atoms with Crippen molar-refractivity contribution >= 4 is 30.7 Å². The highest BCUT2D eigenvalue weighted by Crippen LogP contribution is 2.07. The Kier molecular flexibility index (Phi) is 11.1. The predicted molar refractivity (Wildman–Crippen MR) is 123 cm³/mol. The van der Waals surface area contributed by atoms with Crippen molar-refractivity contribution in [3.8, 4) is 0 Å². The normalized spacial score (nSPS) is 11.1. The van der Waals surface area contributed by atoms with Crippen LogP contribution in [0.15, 0.2) is 67.1 Å². The number of carbonyl (C=O) groups is 1. The molecule has 3 N–H and O–H groups in total. The van der Waals surface area contributed by atoms with E-state index < -0.39 is 6.04 Å². The van der Waals surface area contributed by atoms with Crippen LogP contribution in [0.5, 0.6) is 0 Å². The second-order valence-corrected chi connectivity index (χ2v) is 6.80. The van der Waals surface area contributed by atoms with Crippen molar-refractivity contribution in [3.05, 3.63) is 89.5 Å². The highest BCUT2D eigenvalue weighted by Gasteiger charge is 2.15. The number of hydrogen-bond donors (Lipinski definition) is 2. The summed E-state index contributed by atoms with van der Waals surface area (Å²) >= 11 is 0. The zero-order valence-electron chi connectivity index (χ0n) is 16.9. The highest BCUT2D eigenvalue weighted by molar-refractivity contribution is 5.85. The predicted octanol–water partition coefficient (Wildman–Crippen LogP) is 3.11. The van der Waals surface area contributed by atoms with Gasteiger partial charge in [0.05, 0.1) is 24.7 Å². The van der Waals surface area contributed by atoms with Gasteiger partial charge >= 0.3 is 0 Å². The summed E-state index contributed by atoms with van der Waals surface area (Å²) in [6.07, 6.45) is 4.11. The second-order valence-electron chi connectivity index (χ2n) is 6.80. The first kappa shape index (κ1) is 25.7. The lowest BCUT2D eigenvalue weighted by Crippen LogP contribution is -2.41. The summed E-state index contributed by atoms with van der Waals surface area (Å²) in [6.45, 7) is 1.77. The van der Waals surface area contributed by atoms with E-state index in [2.05, 4.69) is 22.4 Å². The Bertz CT molecular complexity index is 886. The van der Waals surface area contributed by atoms with Crippen LogP contribution in [0.25, 0.3) is 0 Å². The van der Waals surface area contributed by atoms with E-state index in [9.17, 15) is 4.79 Å². The number of nitrogens with two attached hydrogens (primary N) is 1. The molecule has 1 aromatic heterocycles. The first-order chi connectivity index (χ1) is 13.6. The molecule has 0 aliphatic rings. The molecular weight excluding hydrogens is 423 g/mol. The Balaban J connectivity index is 0.00000225. The van der Waals surface area contributed by atoms with Crippen LogP contribution in [-0.2, 0) is 35.6 Å². The molecule has 2 aromatic carbocycles. The van der Waals surface area contributed by atoms with Gasteiger partial charge in [-0.1, -0.05) is 54.6 Å². The van der Waals surface area contributed by atoms with E-state index in [1.807, 2.05) is 53.2 Å². The van der Waals surface area contributed by atoms with Crippen LogP contribution in [0, 0.1) is 0 Å². The summed E-state index contributed by atoms with van der Waals surface area (Å²) in [4.78, 5) is 16.7. The van der Waals surface area contributed by atoms with Crippen molar-refractivity contribution < 1.29 is 9.53 Å². The zero-order chi connectivity index (χ0) is 19.8. The molecule has 1 amide bonds. The molecular formula is C22H28Cl2N4O2. The monoisotopic (exact) mass is 450 g/mol. The molecule has 0 spiro atoms. The van der Waals surface area contributed by atoms with Crippen molar-refractivity contribution in [3.63, 3.8) is 0 Å². The third-order valence-electron chi connectivity index (χ3n) is 4.46. The number of methoxy groups -OCH3 is 1. The number of rotatable bonds is 9. The molecule has 0 unspecified atom stereocenters. The van der Waals surface area contributed by atoms with Crippen molar-refractivity contribution in [2.75, 3.05) is 7.11 Å². The minimum Gasteiger partial charge on any atom is -0.380 e. The minimum absolute atomic E-state index is 0. The maximum atomic E-state index is 12.3. The summed E-state index contributed by atoms with van der Waals surface area (Å²) in [7, 11) is 1.67. The van der Waals surface area contributed by atoms with Crippen LogP contribution in [-0.4, -0.2) is 28.6 Å². The molecule has 0 radical (unpaired) electrons. The van der Waals surface area contributed by atoms with Crippen LogP contribution in [0.2, 0.25) is 0 Å². The van der Waals surface area contributed by atoms with E-state index in [0.717, 1.165) is 23.4 Å². The topological polar surface area (TPSA) is 82.2 Å². The SMILES string of the molecule is COCc1ccc(CNC(=O)[C@@H](N)Cc2cn(Cc3ccccc3)cn2)cc1.Cl.Cl. The van der Waals surface area contributed by atoms with Gasteiger partial charge in [-0.05, 0) is 16.7 Å². The number of imidazole rings is 1. The molecule has 0 bridgehead atoms. The molecule has 8 heteroatoms. The van der Waals surface area contributed by atoms with E-state index in [1.165, 1.54) is 5.56 Å². The summed E-state index contributed by atoms with van der Waals surface area (Å²) in [5, 5.41) is 2.89. The Hall–Kier alpha value is -2.38. The van der Waals surface area contributed by atoms with Crippen LogP contribution in [0.3, 0.4) is 0 Å². The van der Waals surface area contributed by atoms with E-state index >= 15 is 0 Å². The molecule has 1 heterocycles. The zero-order valence-corrected chi connectivity index (χ0v) is 18.5. The number of amides is 1. The van der Waals surface area contributed by atoms with Gasteiger partial charge < -0.3 is 20.4 Å². The van der Waals surface area contributed by atoms with Gasteiger partial charge in [0.15, 0.2) is 0 Å². The lowest BCUT2D eigenvalue weighted by Gasteiger charge is -2.11. The molecule has 0 aliphatic carbocycles. The number of hydrogen-bond acceptors (Lipinski definition) is 4. The third-order valence-corrected chi connectivity index (χ3v) is 4.46. The Morgan fingerprint density at radius 3 is 2.40 bits per heavy atom. The maximum Gasteiger partial charge on any atom is 0.237 e. The van der Waals surface area contributed by atoms with Crippen LogP contribution in [0.4, 0.5) is 0 Å². The number of benzene rings is 2. The molecule has 0 aliphatic heterocycles. The van der Waals surface area contributed by atoms with E-state index in [-0.39, 0.29) is 30.7 Å². The summed E-state index contributed by atoms with van der Waals surface area (Å²) in [5.74, 6) is -0.182. The summed E-state index contributed by atoms with van der Waals surface area (Å²) in [6, 6.07) is 17.5. The average molecular weight is 451 g/mol. The fourth-order valence-corrected chi connectivity index (χ4v) is 2.95. The second kappa shape index (κ2) is 13.0. The van der Waals surface area contributed by atoms with E-state index in [4.69, 9.17) is 10.5 Å². The van der Waals surface area contributed by atoms with Crippen molar-refractivity contribution in [1.29, 1.82) is 0 Å². The fourth-order valence-electron chi connectivity index (χ4n) is 2.95. The van der Waals surface area contributed by atoms with Gasteiger partial charge in [-0.25, -0.2) is 4.98 Å². The molecule has 3 rings (SSSR count). The van der Waals surface area contributed by atoms with Gasteiger partial charge in [0, 0.05) is 32.8 Å². The van der Waals surface area contributed by atoms with Crippen molar-refractivity contribution in [2.45, 2.75) is 32.2 Å². The quantitative estimate of drug-likeness (QED) is 0.524. The molecule has 6 nitrogen and oxygen atoms in total. The van der Waals surface area contributed by atoms with Crippen LogP contribution in [0.1, 0.15) is 22.4 Å². The molecule has 1 atom stereocenters. The Morgan fingerprint density at radius 1 is 1.07 bits per heavy atom. The lowest BCUT2D eigenvalue weighted by atomic mass is 10.1. The molecule has 3 aromatic rings. The Morgan fingerprint density at radius 2 is 1.73 bits per heavy atom. The van der Waals surface area contributed by atoms with Crippen LogP contribution >= 0.6 is 24.8 Å². The Labute approximate surface area is 189 Å². The first-order valence-electron chi connectivity index (χ1n) is 9.28. The van der Waals surface area contributed by atoms with Gasteiger partial charge in [-0.3, -0.25) is 4.79 Å². The van der Waals surface area contributed by atoms with Gasteiger partial charge in [0.1, 0.15) is 0 Å². The largest absolute Gasteiger partial charge is 0.380 e. The number of halogens is 2. The number of nitrogens with zero attached hydrogens (tertiary/aromatic N) is 2. The van der Waals surface area contributed by atoms with Gasteiger partial charge in [0.25, 0.3) is 0 Å². The summed E-state index contributed by atoms with van der Waals surface area (Å²) in [5.41, 5.74) is 10.2. The van der Waals surface area contributed by atoms with Crippen molar-refractivity contribution in [1.82, 2.24) is 14.9 Å². The van der Waals surface area contributed by atoms with Crippen molar-refractivity contribution in [2.24, 2.45) is 5.73 Å². The average Bonchev–Trinajstić information content (AvgIpc) is 3.15. The number of aromatic nitrogens is 2. The molecule has 162 valence electrons. The van der Waals surface area contributed by atoms with Crippen LogP contribution < -0.4 is 11.1 Å². The summed E-state index contributed by atoms with van der Waals surface area (Å²) < 4.78 is 7.09. The van der Waals surface area contributed by atoms with Gasteiger partial charge in [-0.2, -0.15) is 0 Å². The molecule has 0 saturated heterocycles. The lowest BCUT2D eigenvalue weighted by molar-refractivity contribution is -0.122. The third kappa shape index (κ3) is 7.80. The highest BCUT2D eigenvalue weighted by atomic mass is 35.5. The molecule has 0 fully saturated rings. The van der Waals surface area contributed by atoms with Gasteiger partial charge in [-0.15, -0.1) is 24.8 Å². The standard InChI is InChI=1S/C22H26N4O2.2ClH/c1-28-15-19-9-7-17(8-10-19)12-24-22(27)21(23)11-20-14-26(16-25-20)13-18-5-3-2-4-6-18;;/h2-10,14,16,21H,11-13,15,23H2,1H3,(H,24,27);2*1H/t21-;;/m0../s1. The van der Waals surface area contributed by atoms with E-state index in [1.54, 1.807) is 13.4 Å². The minimum atomic E-state index is -0.632.